The monoisotopic (exact) mass is 446 g/mol. The summed E-state index contributed by atoms with van der Waals surface area (Å²) in [4.78, 5) is 18.1. The standard InChI is InChI=1S/C25H26N4O2S/c1-2-20-13-19(15-32-20)23(30)27-14-16-7-9-18(10-8-16)24-28-29-25(31-24)22-21-6-4-3-5-17(21)11-12-26-22/h3-6,11-13,15-16,18H,2,7-10,14H2,1H3,(H,27,30). The number of fused-ring (bicyclic) bond motifs is 1. The molecule has 1 aromatic carbocycles. The molecule has 3 heterocycles. The lowest BCUT2D eigenvalue weighted by molar-refractivity contribution is 0.0942. The molecule has 1 aliphatic rings. The van der Waals surface area contributed by atoms with Crippen molar-refractivity contribution in [1.29, 1.82) is 0 Å². The smallest absolute Gasteiger partial charge is 0.266 e. The average Bonchev–Trinajstić information content (AvgIpc) is 3.53. The van der Waals surface area contributed by atoms with Gasteiger partial charge in [0.25, 0.3) is 11.8 Å². The third kappa shape index (κ3) is 4.30. The number of aromatic nitrogens is 3. The number of nitrogens with zero attached hydrogens (tertiary/aromatic N) is 3. The molecule has 7 heteroatoms. The van der Waals surface area contributed by atoms with Crippen LogP contribution in [0.25, 0.3) is 22.4 Å². The van der Waals surface area contributed by atoms with E-state index in [1.807, 2.05) is 35.7 Å². The van der Waals surface area contributed by atoms with E-state index in [0.717, 1.165) is 60.7 Å². The third-order valence-electron chi connectivity index (χ3n) is 6.33. The van der Waals surface area contributed by atoms with Crippen LogP contribution in [0.2, 0.25) is 0 Å². The van der Waals surface area contributed by atoms with Crippen molar-refractivity contribution >= 4 is 28.0 Å². The predicted octanol–water partition coefficient (Wildman–Crippen LogP) is 5.61. The van der Waals surface area contributed by atoms with Crippen molar-refractivity contribution in [1.82, 2.24) is 20.5 Å². The molecule has 32 heavy (non-hydrogen) atoms. The van der Waals surface area contributed by atoms with E-state index in [9.17, 15) is 4.79 Å². The van der Waals surface area contributed by atoms with Crippen LogP contribution in [-0.2, 0) is 6.42 Å². The number of benzene rings is 1. The van der Waals surface area contributed by atoms with Gasteiger partial charge in [-0.15, -0.1) is 21.5 Å². The van der Waals surface area contributed by atoms with Gasteiger partial charge in [0.05, 0.1) is 5.56 Å². The Hall–Kier alpha value is -3.06. The van der Waals surface area contributed by atoms with Gasteiger partial charge in [0.1, 0.15) is 5.69 Å². The van der Waals surface area contributed by atoms with E-state index < -0.39 is 0 Å². The van der Waals surface area contributed by atoms with E-state index >= 15 is 0 Å². The number of rotatable bonds is 6. The van der Waals surface area contributed by atoms with Crippen molar-refractivity contribution in [2.45, 2.75) is 44.9 Å². The fraction of sp³-hybridized carbons (Fsp3) is 0.360. The van der Waals surface area contributed by atoms with Crippen LogP contribution in [-0.4, -0.2) is 27.6 Å². The molecule has 6 nitrogen and oxygen atoms in total. The zero-order valence-electron chi connectivity index (χ0n) is 18.1. The Morgan fingerprint density at radius 2 is 2.00 bits per heavy atom. The van der Waals surface area contributed by atoms with Crippen LogP contribution < -0.4 is 5.32 Å². The normalized spacial score (nSPS) is 18.7. The first-order valence-corrected chi connectivity index (χ1v) is 12.1. The number of amides is 1. The molecular formula is C25H26N4O2S. The summed E-state index contributed by atoms with van der Waals surface area (Å²) in [7, 11) is 0. The maximum Gasteiger partial charge on any atom is 0.266 e. The molecular weight excluding hydrogens is 420 g/mol. The lowest BCUT2D eigenvalue weighted by Gasteiger charge is -2.26. The molecule has 1 N–H and O–H groups in total. The van der Waals surface area contributed by atoms with Crippen LogP contribution >= 0.6 is 11.3 Å². The van der Waals surface area contributed by atoms with Gasteiger partial charge < -0.3 is 9.73 Å². The van der Waals surface area contributed by atoms with Crippen LogP contribution in [0.5, 0.6) is 0 Å². The lowest BCUT2D eigenvalue weighted by Crippen LogP contribution is -2.30. The Balaban J connectivity index is 1.18. The first kappa shape index (κ1) is 20.8. The molecule has 1 aliphatic carbocycles. The molecule has 0 bridgehead atoms. The maximum atomic E-state index is 12.4. The van der Waals surface area contributed by atoms with Gasteiger partial charge >= 0.3 is 0 Å². The first-order chi connectivity index (χ1) is 15.7. The van der Waals surface area contributed by atoms with Gasteiger partial charge in [0.15, 0.2) is 0 Å². The molecule has 0 radical (unpaired) electrons. The molecule has 5 rings (SSSR count). The van der Waals surface area contributed by atoms with Crippen molar-refractivity contribution in [2.75, 3.05) is 6.54 Å². The molecule has 0 saturated heterocycles. The van der Waals surface area contributed by atoms with Gasteiger partial charge in [0.2, 0.25) is 5.89 Å². The molecule has 4 aromatic rings. The van der Waals surface area contributed by atoms with Crippen LogP contribution in [0.4, 0.5) is 0 Å². The second-order valence-corrected chi connectivity index (χ2v) is 9.40. The number of hydrogen-bond donors (Lipinski definition) is 1. The van der Waals surface area contributed by atoms with E-state index in [0.29, 0.717) is 17.7 Å². The minimum Gasteiger partial charge on any atom is -0.419 e. The van der Waals surface area contributed by atoms with Crippen molar-refractivity contribution in [3.8, 4) is 11.6 Å². The summed E-state index contributed by atoms with van der Waals surface area (Å²) in [6, 6.07) is 12.1. The molecule has 0 unspecified atom stereocenters. The molecule has 1 fully saturated rings. The highest BCUT2D eigenvalue weighted by atomic mass is 32.1. The van der Waals surface area contributed by atoms with E-state index in [1.165, 1.54) is 4.88 Å². The number of aryl methyl sites for hydroxylation is 1. The van der Waals surface area contributed by atoms with Crippen LogP contribution in [0.1, 0.15) is 59.7 Å². The molecule has 0 atom stereocenters. The number of thiophene rings is 1. The Kier molecular flexibility index (Phi) is 5.99. The van der Waals surface area contributed by atoms with Crippen molar-refractivity contribution in [2.24, 2.45) is 5.92 Å². The van der Waals surface area contributed by atoms with Crippen LogP contribution in [0.3, 0.4) is 0 Å². The van der Waals surface area contributed by atoms with Gasteiger partial charge in [-0.25, -0.2) is 0 Å². The average molecular weight is 447 g/mol. The molecule has 0 spiro atoms. The lowest BCUT2D eigenvalue weighted by atomic mass is 9.82. The highest BCUT2D eigenvalue weighted by molar-refractivity contribution is 7.10. The molecule has 0 aliphatic heterocycles. The van der Waals surface area contributed by atoms with Crippen molar-refractivity contribution in [3.63, 3.8) is 0 Å². The summed E-state index contributed by atoms with van der Waals surface area (Å²) in [5.41, 5.74) is 1.51. The molecule has 3 aromatic heterocycles. The summed E-state index contributed by atoms with van der Waals surface area (Å²) >= 11 is 1.65. The van der Waals surface area contributed by atoms with E-state index in [-0.39, 0.29) is 11.8 Å². The van der Waals surface area contributed by atoms with Crippen molar-refractivity contribution < 1.29 is 9.21 Å². The Labute approximate surface area is 191 Å². The Morgan fingerprint density at radius 3 is 2.81 bits per heavy atom. The van der Waals surface area contributed by atoms with E-state index in [4.69, 9.17) is 4.42 Å². The fourth-order valence-corrected chi connectivity index (χ4v) is 5.24. The highest BCUT2D eigenvalue weighted by Gasteiger charge is 2.27. The third-order valence-corrected chi connectivity index (χ3v) is 7.41. The number of carbonyl (C=O) groups excluding carboxylic acids is 1. The Morgan fingerprint density at radius 1 is 1.16 bits per heavy atom. The quantitative estimate of drug-likeness (QED) is 0.416. The summed E-state index contributed by atoms with van der Waals surface area (Å²) in [5.74, 6) is 1.96. The van der Waals surface area contributed by atoms with E-state index in [1.54, 1.807) is 17.5 Å². The molecule has 164 valence electrons. The van der Waals surface area contributed by atoms with Gasteiger partial charge in [-0.05, 0) is 55.5 Å². The van der Waals surface area contributed by atoms with Gasteiger partial charge in [-0.2, -0.15) is 0 Å². The number of hydrogen-bond acceptors (Lipinski definition) is 6. The summed E-state index contributed by atoms with van der Waals surface area (Å²) in [6.07, 6.45) is 6.81. The number of pyridine rings is 1. The SMILES string of the molecule is CCc1cc(C(=O)NCC2CCC(c3nnc(-c4nccc5ccccc45)o3)CC2)cs1. The largest absolute Gasteiger partial charge is 0.419 e. The maximum absolute atomic E-state index is 12.4. The topological polar surface area (TPSA) is 80.9 Å². The van der Waals surface area contributed by atoms with Gasteiger partial charge in [0, 0.05) is 34.3 Å². The van der Waals surface area contributed by atoms with Crippen LogP contribution in [0.15, 0.2) is 52.4 Å². The predicted molar refractivity (Wildman–Crippen MR) is 126 cm³/mol. The number of nitrogens with one attached hydrogen (secondary N) is 1. The van der Waals surface area contributed by atoms with Gasteiger partial charge in [-0.3, -0.25) is 9.78 Å². The minimum atomic E-state index is 0.0344. The second kappa shape index (κ2) is 9.20. The van der Waals surface area contributed by atoms with E-state index in [2.05, 4.69) is 33.5 Å². The van der Waals surface area contributed by atoms with Gasteiger partial charge in [-0.1, -0.05) is 31.2 Å². The highest BCUT2D eigenvalue weighted by Crippen LogP contribution is 2.36. The number of carbonyl (C=O) groups is 1. The van der Waals surface area contributed by atoms with Crippen LogP contribution in [0, 0.1) is 5.92 Å². The summed E-state index contributed by atoms with van der Waals surface area (Å²) < 4.78 is 6.07. The summed E-state index contributed by atoms with van der Waals surface area (Å²) in [5, 5.41) is 15.8. The van der Waals surface area contributed by atoms with Crippen molar-refractivity contribution in [3.05, 3.63) is 64.3 Å². The molecule has 1 amide bonds. The first-order valence-electron chi connectivity index (χ1n) is 11.2. The minimum absolute atomic E-state index is 0.0344. The Bertz CT molecular complexity index is 1220. The zero-order valence-corrected chi connectivity index (χ0v) is 18.9. The molecule has 1 saturated carbocycles. The zero-order chi connectivity index (χ0) is 21.9. The second-order valence-electron chi connectivity index (χ2n) is 8.41. The fourth-order valence-electron chi connectivity index (χ4n) is 4.42. The summed E-state index contributed by atoms with van der Waals surface area (Å²) in [6.45, 7) is 2.83.